The number of methoxy groups -OCH3 is 1. The van der Waals surface area contributed by atoms with Gasteiger partial charge in [0.2, 0.25) is 6.10 Å². The van der Waals surface area contributed by atoms with Gasteiger partial charge < -0.3 is 9.47 Å². The van der Waals surface area contributed by atoms with Crippen LogP contribution in [0.3, 0.4) is 0 Å². The van der Waals surface area contributed by atoms with Crippen LogP contribution in [0.1, 0.15) is 12.8 Å². The van der Waals surface area contributed by atoms with Gasteiger partial charge in [-0.15, -0.1) is 0 Å². The predicted molar refractivity (Wildman–Crippen MR) is 36.5 cm³/mol. The maximum Gasteiger partial charge on any atom is 0.509 e. The molecule has 1 saturated carbocycles. The van der Waals surface area contributed by atoms with E-state index in [9.17, 15) is 14.4 Å². The normalized spacial score (nSPS) is 18.1. The summed E-state index contributed by atoms with van der Waals surface area (Å²) in [6.45, 7) is 0. The van der Waals surface area contributed by atoms with Crippen LogP contribution in [0.5, 0.6) is 0 Å². The number of Topliss-reactive ketones (excluding diaryl/α,β-unsaturated/α-hetero) is 2. The number of rotatable bonds is 1. The van der Waals surface area contributed by atoms with E-state index in [2.05, 4.69) is 9.47 Å². The fourth-order valence-corrected chi connectivity index (χ4v) is 0.964. The molecule has 5 heteroatoms. The molecule has 1 fully saturated rings. The van der Waals surface area contributed by atoms with Crippen LogP contribution in [0.25, 0.3) is 0 Å². The van der Waals surface area contributed by atoms with Gasteiger partial charge in [-0.05, 0) is 0 Å². The van der Waals surface area contributed by atoms with Gasteiger partial charge in [0.25, 0.3) is 0 Å². The summed E-state index contributed by atoms with van der Waals surface area (Å²) in [6, 6.07) is 0. The minimum absolute atomic E-state index is 0.153. The maximum absolute atomic E-state index is 10.9. The number of ether oxygens (including phenoxy) is 2. The molecular formula is C7H8O5. The molecule has 0 heterocycles. The Bertz CT molecular complexity index is 216. The average Bonchev–Trinajstić information content (AvgIpc) is 2.35. The van der Waals surface area contributed by atoms with Gasteiger partial charge in [-0.1, -0.05) is 0 Å². The lowest BCUT2D eigenvalue weighted by Gasteiger charge is -2.06. The molecule has 0 atom stereocenters. The van der Waals surface area contributed by atoms with E-state index in [0.29, 0.717) is 0 Å². The number of hydrogen-bond donors (Lipinski definition) is 0. The second-order valence-corrected chi connectivity index (χ2v) is 2.38. The Morgan fingerprint density at radius 2 is 1.83 bits per heavy atom. The Labute approximate surface area is 68.6 Å². The summed E-state index contributed by atoms with van der Waals surface area (Å²) < 4.78 is 8.57. The third-order valence-electron chi connectivity index (χ3n) is 1.58. The average molecular weight is 172 g/mol. The molecule has 0 saturated heterocycles. The summed E-state index contributed by atoms with van der Waals surface area (Å²) >= 11 is 0. The summed E-state index contributed by atoms with van der Waals surface area (Å²) in [5.41, 5.74) is 0. The minimum Gasteiger partial charge on any atom is -0.438 e. The van der Waals surface area contributed by atoms with E-state index < -0.39 is 12.3 Å². The zero-order valence-corrected chi connectivity index (χ0v) is 6.53. The van der Waals surface area contributed by atoms with Crippen molar-refractivity contribution in [2.45, 2.75) is 18.9 Å². The number of ketones is 2. The zero-order chi connectivity index (χ0) is 9.14. The van der Waals surface area contributed by atoms with E-state index in [1.165, 1.54) is 0 Å². The topological polar surface area (TPSA) is 69.7 Å². The van der Waals surface area contributed by atoms with Crippen molar-refractivity contribution in [1.82, 2.24) is 0 Å². The first-order valence-electron chi connectivity index (χ1n) is 3.45. The summed E-state index contributed by atoms with van der Waals surface area (Å²) in [4.78, 5) is 32.3. The third-order valence-corrected chi connectivity index (χ3v) is 1.58. The monoisotopic (exact) mass is 172 g/mol. The van der Waals surface area contributed by atoms with Crippen LogP contribution in [0.2, 0.25) is 0 Å². The van der Waals surface area contributed by atoms with E-state index in [1.54, 1.807) is 0 Å². The standard InChI is InChI=1S/C7H8O5/c1-11-7(10)12-6-4(8)2-3-5(6)9/h6H,2-3H2,1H3. The largest absolute Gasteiger partial charge is 0.509 e. The van der Waals surface area contributed by atoms with E-state index in [4.69, 9.17) is 0 Å². The molecule has 0 aromatic heterocycles. The summed E-state index contributed by atoms with van der Waals surface area (Å²) in [7, 11) is 1.12. The molecule has 0 radical (unpaired) electrons. The Morgan fingerprint density at radius 3 is 2.25 bits per heavy atom. The van der Waals surface area contributed by atoms with Gasteiger partial charge in [0.1, 0.15) is 0 Å². The van der Waals surface area contributed by atoms with Gasteiger partial charge in [-0.3, -0.25) is 9.59 Å². The lowest BCUT2D eigenvalue weighted by molar-refractivity contribution is -0.134. The van der Waals surface area contributed by atoms with Crippen LogP contribution in [0, 0.1) is 0 Å². The molecule has 0 aliphatic heterocycles. The van der Waals surface area contributed by atoms with Crippen LogP contribution < -0.4 is 0 Å². The molecule has 1 aliphatic carbocycles. The highest BCUT2D eigenvalue weighted by Gasteiger charge is 2.36. The van der Waals surface area contributed by atoms with Crippen LogP contribution in [0.4, 0.5) is 4.79 Å². The first-order chi connectivity index (χ1) is 5.65. The molecule has 66 valence electrons. The molecule has 0 spiro atoms. The van der Waals surface area contributed by atoms with Crippen molar-refractivity contribution in [3.05, 3.63) is 0 Å². The van der Waals surface area contributed by atoms with Crippen LogP contribution in [0.15, 0.2) is 0 Å². The van der Waals surface area contributed by atoms with Gasteiger partial charge in [-0.25, -0.2) is 4.79 Å². The Hall–Kier alpha value is -1.39. The van der Waals surface area contributed by atoms with Crippen molar-refractivity contribution >= 4 is 17.7 Å². The van der Waals surface area contributed by atoms with Gasteiger partial charge in [-0.2, -0.15) is 0 Å². The highest BCUT2D eigenvalue weighted by molar-refractivity contribution is 6.12. The van der Waals surface area contributed by atoms with E-state index >= 15 is 0 Å². The van der Waals surface area contributed by atoms with Crippen molar-refractivity contribution in [1.29, 1.82) is 0 Å². The Kier molecular flexibility index (Phi) is 2.42. The zero-order valence-electron chi connectivity index (χ0n) is 6.53. The van der Waals surface area contributed by atoms with Crippen LogP contribution in [-0.4, -0.2) is 30.9 Å². The first kappa shape index (κ1) is 8.70. The molecular weight excluding hydrogens is 164 g/mol. The summed E-state index contributed by atoms with van der Waals surface area (Å²) in [5, 5.41) is 0. The van der Waals surface area contributed by atoms with Crippen molar-refractivity contribution in [3.63, 3.8) is 0 Å². The van der Waals surface area contributed by atoms with Crippen molar-refractivity contribution in [3.8, 4) is 0 Å². The smallest absolute Gasteiger partial charge is 0.438 e. The van der Waals surface area contributed by atoms with Crippen molar-refractivity contribution < 1.29 is 23.9 Å². The summed E-state index contributed by atoms with van der Waals surface area (Å²) in [5.74, 6) is -0.712. The molecule has 0 N–H and O–H groups in total. The van der Waals surface area contributed by atoms with Crippen LogP contribution in [-0.2, 0) is 19.1 Å². The molecule has 0 aromatic rings. The second kappa shape index (κ2) is 3.34. The molecule has 5 nitrogen and oxygen atoms in total. The lowest BCUT2D eigenvalue weighted by Crippen LogP contribution is -2.28. The minimum atomic E-state index is -1.22. The highest BCUT2D eigenvalue weighted by atomic mass is 16.7. The molecule has 0 bridgehead atoms. The molecule has 12 heavy (non-hydrogen) atoms. The van der Waals surface area contributed by atoms with Gasteiger partial charge in [0.05, 0.1) is 7.11 Å². The molecule has 0 unspecified atom stereocenters. The Morgan fingerprint density at radius 1 is 1.33 bits per heavy atom. The third kappa shape index (κ3) is 1.61. The van der Waals surface area contributed by atoms with Crippen LogP contribution >= 0.6 is 0 Å². The van der Waals surface area contributed by atoms with Gasteiger partial charge in [0.15, 0.2) is 11.6 Å². The molecule has 0 aromatic carbocycles. The van der Waals surface area contributed by atoms with Crippen molar-refractivity contribution in [2.24, 2.45) is 0 Å². The van der Waals surface area contributed by atoms with Gasteiger partial charge >= 0.3 is 6.16 Å². The first-order valence-corrected chi connectivity index (χ1v) is 3.45. The SMILES string of the molecule is COC(=O)OC1C(=O)CCC1=O. The number of hydrogen-bond acceptors (Lipinski definition) is 5. The molecule has 1 rings (SSSR count). The van der Waals surface area contributed by atoms with Gasteiger partial charge in [0, 0.05) is 12.8 Å². The fraction of sp³-hybridized carbons (Fsp3) is 0.571. The van der Waals surface area contributed by atoms with E-state index in [1.807, 2.05) is 0 Å². The molecule has 1 aliphatic rings. The molecule has 0 amide bonds. The highest BCUT2D eigenvalue weighted by Crippen LogP contribution is 2.14. The number of carbonyl (C=O) groups is 3. The maximum atomic E-state index is 10.9. The van der Waals surface area contributed by atoms with E-state index in [-0.39, 0.29) is 24.4 Å². The number of carbonyl (C=O) groups excluding carboxylic acids is 3. The quantitative estimate of drug-likeness (QED) is 0.413. The summed E-state index contributed by atoms with van der Waals surface area (Å²) in [6.07, 6.45) is -1.91. The van der Waals surface area contributed by atoms with Crippen molar-refractivity contribution in [2.75, 3.05) is 7.11 Å². The van der Waals surface area contributed by atoms with E-state index in [0.717, 1.165) is 7.11 Å². The lowest BCUT2D eigenvalue weighted by atomic mass is 10.3. The second-order valence-electron chi connectivity index (χ2n) is 2.38. The predicted octanol–water partition coefficient (Wildman–Crippen LogP) is 0.0700. The fourth-order valence-electron chi connectivity index (χ4n) is 0.964. The Balaban J connectivity index is 2.56.